The molecule has 0 aliphatic heterocycles. The van der Waals surface area contributed by atoms with Crippen LogP contribution in [0.4, 0.5) is 0 Å². The Morgan fingerprint density at radius 2 is 0.548 bits per heavy atom. The van der Waals surface area contributed by atoms with Crippen molar-refractivity contribution in [3.8, 4) is 0 Å². The molecule has 0 aliphatic carbocycles. The number of carbonyl (C=O) groups is 2. The number of rotatable bonds is 74. The first-order chi connectivity index (χ1) is 41.5. The SMILES string of the molecule is CCCCCCCCCCCCCCCCCCCCC/C=C/C(O)C(CO)NC(=O)CCCCCCCCCCCCCCCCCCCCCCCCCCCCCCCCCCCCCOC(=O)CCCCCCCCCCCCC. The van der Waals surface area contributed by atoms with Gasteiger partial charge >= 0.3 is 5.97 Å². The number of allylic oxidation sites excluding steroid dienone is 1. The van der Waals surface area contributed by atoms with Crippen LogP contribution in [0.15, 0.2) is 12.2 Å². The van der Waals surface area contributed by atoms with Crippen molar-refractivity contribution in [1.29, 1.82) is 0 Å². The first kappa shape index (κ1) is 82.6. The second kappa shape index (κ2) is 74.1. The van der Waals surface area contributed by atoms with Crippen LogP contribution in [0.3, 0.4) is 0 Å². The molecular weight excluding hydrogens is 1030 g/mol. The number of aliphatic hydroxyl groups excluding tert-OH is 2. The molecule has 2 atom stereocenters. The molecule has 500 valence electrons. The van der Waals surface area contributed by atoms with E-state index in [1.54, 1.807) is 6.08 Å². The normalized spacial score (nSPS) is 12.5. The summed E-state index contributed by atoms with van der Waals surface area (Å²) in [6, 6.07) is -0.624. The highest BCUT2D eigenvalue weighted by molar-refractivity contribution is 5.76. The molecule has 0 bridgehead atoms. The Hall–Kier alpha value is -1.40. The summed E-state index contributed by atoms with van der Waals surface area (Å²) in [5.74, 6) is -0.0345. The highest BCUT2D eigenvalue weighted by Crippen LogP contribution is 2.20. The number of hydrogen-bond acceptors (Lipinski definition) is 5. The summed E-state index contributed by atoms with van der Waals surface area (Å²) in [5, 5.41) is 23.3. The fraction of sp³-hybridized carbons (Fsp3) is 0.949. The quantitative estimate of drug-likeness (QED) is 0.0320. The zero-order valence-electron chi connectivity index (χ0n) is 57.4. The summed E-state index contributed by atoms with van der Waals surface area (Å²) in [6.07, 6.45) is 93.4. The molecule has 0 aromatic heterocycles. The molecule has 0 aliphatic rings. The minimum absolute atomic E-state index is 0.0231. The number of esters is 1. The van der Waals surface area contributed by atoms with Gasteiger partial charge in [-0.25, -0.2) is 0 Å². The monoisotopic (exact) mass is 1180 g/mol. The maximum atomic E-state index is 12.5. The van der Waals surface area contributed by atoms with Gasteiger partial charge in [-0.3, -0.25) is 9.59 Å². The van der Waals surface area contributed by atoms with E-state index in [9.17, 15) is 19.8 Å². The van der Waals surface area contributed by atoms with Crippen LogP contribution in [0.25, 0.3) is 0 Å². The van der Waals surface area contributed by atoms with E-state index in [2.05, 4.69) is 19.2 Å². The van der Waals surface area contributed by atoms with Gasteiger partial charge in [-0.15, -0.1) is 0 Å². The lowest BCUT2D eigenvalue weighted by Gasteiger charge is -2.20. The molecule has 3 N–H and O–H groups in total. The van der Waals surface area contributed by atoms with E-state index in [-0.39, 0.29) is 18.5 Å². The average Bonchev–Trinajstić information content (AvgIpc) is 3.50. The molecule has 0 saturated carbocycles. The van der Waals surface area contributed by atoms with Crippen LogP contribution in [0, 0.1) is 0 Å². The molecule has 0 saturated heterocycles. The maximum absolute atomic E-state index is 12.5. The van der Waals surface area contributed by atoms with E-state index >= 15 is 0 Å². The van der Waals surface area contributed by atoms with E-state index in [1.807, 2.05) is 6.08 Å². The van der Waals surface area contributed by atoms with Crippen molar-refractivity contribution in [2.24, 2.45) is 0 Å². The van der Waals surface area contributed by atoms with Crippen molar-refractivity contribution in [2.75, 3.05) is 13.2 Å². The molecule has 0 rings (SSSR count). The lowest BCUT2D eigenvalue weighted by atomic mass is 10.0. The Kier molecular flexibility index (Phi) is 72.8. The Morgan fingerprint density at radius 3 is 0.810 bits per heavy atom. The van der Waals surface area contributed by atoms with Crippen LogP contribution < -0.4 is 5.32 Å². The third-order valence-electron chi connectivity index (χ3n) is 18.6. The number of ether oxygens (including phenoxy) is 1. The van der Waals surface area contributed by atoms with Gasteiger partial charge in [-0.1, -0.05) is 418 Å². The minimum Gasteiger partial charge on any atom is -0.466 e. The fourth-order valence-corrected chi connectivity index (χ4v) is 12.6. The molecule has 0 aromatic rings. The van der Waals surface area contributed by atoms with E-state index in [1.165, 1.54) is 385 Å². The van der Waals surface area contributed by atoms with Crippen molar-refractivity contribution < 1.29 is 24.5 Å². The third-order valence-corrected chi connectivity index (χ3v) is 18.6. The van der Waals surface area contributed by atoms with Gasteiger partial charge in [-0.05, 0) is 32.1 Å². The molecule has 6 heteroatoms. The van der Waals surface area contributed by atoms with Crippen LogP contribution in [0.2, 0.25) is 0 Å². The standard InChI is InChI=1S/C78H153NO5/c1-3-5-7-9-11-13-15-16-17-18-19-35-38-41-44-47-51-54-58-62-66-70-76(81)75(74-80)79-77(82)71-67-63-59-55-52-48-45-42-39-36-33-31-29-27-25-23-21-20-22-24-26-28-30-32-34-37-40-43-46-49-53-57-61-65-69-73-84-78(83)72-68-64-60-56-50-14-12-10-8-6-4-2/h66,70,75-76,80-81H,3-65,67-69,71-74H2,1-2H3,(H,79,82)/b70-66+. The molecule has 6 nitrogen and oxygen atoms in total. The summed E-state index contributed by atoms with van der Waals surface area (Å²) in [4.78, 5) is 24.6. The van der Waals surface area contributed by atoms with Gasteiger partial charge in [0.2, 0.25) is 5.91 Å². The van der Waals surface area contributed by atoms with E-state index in [0.29, 0.717) is 19.4 Å². The number of aliphatic hydroxyl groups is 2. The van der Waals surface area contributed by atoms with Crippen LogP contribution in [0.5, 0.6) is 0 Å². The van der Waals surface area contributed by atoms with Crippen molar-refractivity contribution in [2.45, 2.75) is 463 Å². The van der Waals surface area contributed by atoms with Crippen molar-refractivity contribution >= 4 is 11.9 Å². The molecule has 0 aromatic carbocycles. The lowest BCUT2D eigenvalue weighted by Crippen LogP contribution is -2.45. The van der Waals surface area contributed by atoms with Crippen molar-refractivity contribution in [3.63, 3.8) is 0 Å². The summed E-state index contributed by atoms with van der Waals surface area (Å²) in [6.45, 7) is 4.96. The van der Waals surface area contributed by atoms with Crippen LogP contribution in [-0.4, -0.2) is 47.4 Å². The zero-order valence-corrected chi connectivity index (χ0v) is 57.4. The summed E-state index contributed by atoms with van der Waals surface area (Å²) in [7, 11) is 0. The third kappa shape index (κ3) is 69.7. The minimum atomic E-state index is -0.841. The van der Waals surface area contributed by atoms with Gasteiger partial charge in [0.1, 0.15) is 0 Å². The number of carbonyl (C=O) groups excluding carboxylic acids is 2. The summed E-state index contributed by atoms with van der Waals surface area (Å²) >= 11 is 0. The van der Waals surface area contributed by atoms with E-state index < -0.39 is 12.1 Å². The highest BCUT2D eigenvalue weighted by Gasteiger charge is 2.18. The number of nitrogens with one attached hydrogen (secondary N) is 1. The molecule has 1 amide bonds. The van der Waals surface area contributed by atoms with Gasteiger partial charge in [0.05, 0.1) is 25.4 Å². The van der Waals surface area contributed by atoms with Crippen LogP contribution in [-0.2, 0) is 14.3 Å². The Morgan fingerprint density at radius 1 is 0.321 bits per heavy atom. The predicted octanol–water partition coefficient (Wildman–Crippen LogP) is 25.5. The fourth-order valence-electron chi connectivity index (χ4n) is 12.6. The van der Waals surface area contributed by atoms with Gasteiger partial charge in [-0.2, -0.15) is 0 Å². The lowest BCUT2D eigenvalue weighted by molar-refractivity contribution is -0.143. The van der Waals surface area contributed by atoms with E-state index in [4.69, 9.17) is 4.74 Å². The molecule has 0 heterocycles. The maximum Gasteiger partial charge on any atom is 0.305 e. The average molecular weight is 1190 g/mol. The summed E-state index contributed by atoms with van der Waals surface area (Å²) < 4.78 is 5.48. The molecule has 0 fully saturated rings. The Labute approximate surface area is 527 Å². The van der Waals surface area contributed by atoms with Gasteiger partial charge in [0, 0.05) is 12.8 Å². The summed E-state index contributed by atoms with van der Waals surface area (Å²) in [5.41, 5.74) is 0. The predicted molar refractivity (Wildman–Crippen MR) is 370 cm³/mol. The molecule has 0 radical (unpaired) electrons. The smallest absolute Gasteiger partial charge is 0.305 e. The van der Waals surface area contributed by atoms with Gasteiger partial charge in [0.15, 0.2) is 0 Å². The number of unbranched alkanes of at least 4 members (excludes halogenated alkanes) is 63. The van der Waals surface area contributed by atoms with Gasteiger partial charge < -0.3 is 20.3 Å². The number of hydrogen-bond donors (Lipinski definition) is 3. The Bertz CT molecular complexity index is 1270. The molecule has 2 unspecified atom stereocenters. The van der Waals surface area contributed by atoms with Crippen LogP contribution >= 0.6 is 0 Å². The van der Waals surface area contributed by atoms with Crippen molar-refractivity contribution in [3.05, 3.63) is 12.2 Å². The zero-order chi connectivity index (χ0) is 60.6. The topological polar surface area (TPSA) is 95.9 Å². The Balaban J connectivity index is 3.33. The van der Waals surface area contributed by atoms with Crippen molar-refractivity contribution in [1.82, 2.24) is 5.32 Å². The van der Waals surface area contributed by atoms with Gasteiger partial charge in [0.25, 0.3) is 0 Å². The second-order valence-corrected chi connectivity index (χ2v) is 27.1. The highest BCUT2D eigenvalue weighted by atomic mass is 16.5. The molecule has 0 spiro atoms. The van der Waals surface area contributed by atoms with E-state index in [0.717, 1.165) is 38.5 Å². The molecule has 84 heavy (non-hydrogen) atoms. The number of amides is 1. The second-order valence-electron chi connectivity index (χ2n) is 27.1. The molecular formula is C78H153NO5. The first-order valence-corrected chi connectivity index (χ1v) is 39.0. The first-order valence-electron chi connectivity index (χ1n) is 39.0. The van der Waals surface area contributed by atoms with Crippen LogP contribution in [0.1, 0.15) is 450 Å². The largest absolute Gasteiger partial charge is 0.466 e.